The second kappa shape index (κ2) is 4.80. The van der Waals surface area contributed by atoms with Crippen LogP contribution in [0, 0.1) is 11.3 Å². The van der Waals surface area contributed by atoms with Gasteiger partial charge >= 0.3 is 0 Å². The molecule has 0 saturated heterocycles. The summed E-state index contributed by atoms with van der Waals surface area (Å²) in [5.41, 5.74) is 5.63. The molecule has 0 amide bonds. The van der Waals surface area contributed by atoms with Crippen LogP contribution in [0.15, 0.2) is 0 Å². The molecule has 0 spiro atoms. The van der Waals surface area contributed by atoms with Gasteiger partial charge in [-0.2, -0.15) is 0 Å². The summed E-state index contributed by atoms with van der Waals surface area (Å²) in [6.45, 7) is 7.85. The molecular weight excluding hydrogens is 153 g/mol. The van der Waals surface area contributed by atoms with Crippen LogP contribution >= 0.6 is 0 Å². The highest BCUT2D eigenvalue weighted by Crippen LogP contribution is 2.24. The highest BCUT2D eigenvalue weighted by atomic mass is 19.1. The van der Waals surface area contributed by atoms with E-state index in [-0.39, 0.29) is 18.1 Å². The van der Waals surface area contributed by atoms with Gasteiger partial charge in [0.05, 0.1) is 6.67 Å². The molecule has 0 aliphatic heterocycles. The first kappa shape index (κ1) is 11.9. The maximum atomic E-state index is 12.4. The lowest BCUT2D eigenvalue weighted by Crippen LogP contribution is -2.30. The summed E-state index contributed by atoms with van der Waals surface area (Å²) >= 11 is 0. The monoisotopic (exact) mass is 175 g/mol. The highest BCUT2D eigenvalue weighted by molar-refractivity contribution is 4.75. The van der Waals surface area contributed by atoms with Crippen LogP contribution in [-0.2, 0) is 0 Å². The quantitative estimate of drug-likeness (QED) is 0.683. The molecule has 12 heavy (non-hydrogen) atoms. The molecule has 0 rings (SSSR count). The van der Waals surface area contributed by atoms with Crippen molar-refractivity contribution >= 4 is 0 Å². The summed E-state index contributed by atoms with van der Waals surface area (Å²) in [5, 5.41) is 0. The molecule has 0 bridgehead atoms. The number of halogens is 1. The van der Waals surface area contributed by atoms with Gasteiger partial charge in [0.2, 0.25) is 0 Å². The summed E-state index contributed by atoms with van der Waals surface area (Å²) in [6.07, 6.45) is 1.77. The van der Waals surface area contributed by atoms with Crippen molar-refractivity contribution in [2.75, 3.05) is 6.67 Å². The molecule has 0 aromatic heterocycles. The van der Waals surface area contributed by atoms with Crippen molar-refractivity contribution in [3.8, 4) is 0 Å². The SMILES string of the molecule is CC(C)CC(N)CC(C)(C)CF. The second-order valence-corrected chi connectivity index (χ2v) is 4.89. The molecule has 2 N–H and O–H groups in total. The van der Waals surface area contributed by atoms with Crippen LogP contribution in [0.3, 0.4) is 0 Å². The van der Waals surface area contributed by atoms with Crippen molar-refractivity contribution < 1.29 is 4.39 Å². The van der Waals surface area contributed by atoms with Crippen molar-refractivity contribution in [2.45, 2.75) is 46.6 Å². The summed E-state index contributed by atoms with van der Waals surface area (Å²) in [4.78, 5) is 0. The van der Waals surface area contributed by atoms with Crippen molar-refractivity contribution in [2.24, 2.45) is 17.1 Å². The number of hydrogen-bond donors (Lipinski definition) is 1. The first-order chi connectivity index (χ1) is 5.37. The normalized spacial score (nSPS) is 15.2. The molecule has 2 heteroatoms. The van der Waals surface area contributed by atoms with Crippen LogP contribution < -0.4 is 5.73 Å². The van der Waals surface area contributed by atoms with Gasteiger partial charge in [0.1, 0.15) is 0 Å². The largest absolute Gasteiger partial charge is 0.328 e. The summed E-state index contributed by atoms with van der Waals surface area (Å²) < 4.78 is 12.4. The maximum absolute atomic E-state index is 12.4. The van der Waals surface area contributed by atoms with Gasteiger partial charge in [0.15, 0.2) is 0 Å². The van der Waals surface area contributed by atoms with Crippen LogP contribution in [0.1, 0.15) is 40.5 Å². The van der Waals surface area contributed by atoms with Gasteiger partial charge in [-0.3, -0.25) is 4.39 Å². The van der Waals surface area contributed by atoms with Crippen LogP contribution in [-0.4, -0.2) is 12.7 Å². The average Bonchev–Trinajstić information content (AvgIpc) is 1.84. The van der Waals surface area contributed by atoms with Crippen LogP contribution in [0.4, 0.5) is 4.39 Å². The third-order valence-electron chi connectivity index (χ3n) is 1.95. The molecule has 1 atom stereocenters. The van der Waals surface area contributed by atoms with Crippen molar-refractivity contribution in [3.05, 3.63) is 0 Å². The van der Waals surface area contributed by atoms with Crippen molar-refractivity contribution in [3.63, 3.8) is 0 Å². The molecule has 1 unspecified atom stereocenters. The Labute approximate surface area is 75.5 Å². The minimum absolute atomic E-state index is 0.149. The first-order valence-electron chi connectivity index (χ1n) is 4.69. The fourth-order valence-electron chi connectivity index (χ4n) is 1.45. The molecule has 0 saturated carbocycles. The lowest BCUT2D eigenvalue weighted by atomic mass is 9.85. The Hall–Kier alpha value is -0.110. The number of alkyl halides is 1. The van der Waals surface area contributed by atoms with Crippen LogP contribution in [0.25, 0.3) is 0 Å². The van der Waals surface area contributed by atoms with E-state index in [0.29, 0.717) is 5.92 Å². The summed E-state index contributed by atoms with van der Waals surface area (Å²) in [5.74, 6) is 0.607. The van der Waals surface area contributed by atoms with Gasteiger partial charge in [0, 0.05) is 6.04 Å². The third kappa shape index (κ3) is 5.53. The molecule has 0 aromatic carbocycles. The van der Waals surface area contributed by atoms with Crippen LogP contribution in [0.2, 0.25) is 0 Å². The molecule has 74 valence electrons. The smallest absolute Gasteiger partial charge is 0.0945 e. The lowest BCUT2D eigenvalue weighted by molar-refractivity contribution is 0.216. The van der Waals surface area contributed by atoms with E-state index in [1.165, 1.54) is 0 Å². The van der Waals surface area contributed by atoms with E-state index in [1.54, 1.807) is 0 Å². The van der Waals surface area contributed by atoms with Gasteiger partial charge < -0.3 is 5.73 Å². The Morgan fingerprint density at radius 1 is 1.33 bits per heavy atom. The Morgan fingerprint density at radius 2 is 1.83 bits per heavy atom. The van der Waals surface area contributed by atoms with Gasteiger partial charge in [-0.05, 0) is 24.2 Å². The van der Waals surface area contributed by atoms with Crippen molar-refractivity contribution in [1.82, 2.24) is 0 Å². The molecular formula is C10H22FN. The molecule has 0 radical (unpaired) electrons. The van der Waals surface area contributed by atoms with Gasteiger partial charge in [0.25, 0.3) is 0 Å². The van der Waals surface area contributed by atoms with E-state index in [9.17, 15) is 4.39 Å². The Bertz CT molecular complexity index is 121. The maximum Gasteiger partial charge on any atom is 0.0945 e. The van der Waals surface area contributed by atoms with Crippen molar-refractivity contribution in [1.29, 1.82) is 0 Å². The number of rotatable bonds is 5. The highest BCUT2D eigenvalue weighted by Gasteiger charge is 2.21. The van der Waals surface area contributed by atoms with E-state index >= 15 is 0 Å². The number of hydrogen-bond acceptors (Lipinski definition) is 1. The molecule has 0 heterocycles. The Morgan fingerprint density at radius 3 is 2.17 bits per heavy atom. The molecule has 0 aromatic rings. The predicted molar refractivity (Wildman–Crippen MR) is 51.8 cm³/mol. The average molecular weight is 175 g/mol. The lowest BCUT2D eigenvalue weighted by Gasteiger charge is -2.25. The van der Waals surface area contributed by atoms with Gasteiger partial charge in [-0.1, -0.05) is 27.7 Å². The van der Waals surface area contributed by atoms with E-state index in [1.807, 2.05) is 13.8 Å². The van der Waals surface area contributed by atoms with E-state index < -0.39 is 0 Å². The summed E-state index contributed by atoms with van der Waals surface area (Å²) in [6, 6.07) is 0.149. The topological polar surface area (TPSA) is 26.0 Å². The Balaban J connectivity index is 3.75. The zero-order valence-electron chi connectivity index (χ0n) is 8.73. The fourth-order valence-corrected chi connectivity index (χ4v) is 1.45. The molecule has 1 nitrogen and oxygen atoms in total. The zero-order valence-corrected chi connectivity index (χ0v) is 8.73. The number of nitrogens with two attached hydrogens (primary N) is 1. The Kier molecular flexibility index (Phi) is 4.76. The standard InChI is InChI=1S/C10H22FN/c1-8(2)5-9(12)6-10(3,4)7-11/h8-9H,5-7,12H2,1-4H3. The second-order valence-electron chi connectivity index (χ2n) is 4.89. The molecule has 0 fully saturated rings. The van der Waals surface area contributed by atoms with E-state index in [0.717, 1.165) is 12.8 Å². The minimum Gasteiger partial charge on any atom is -0.328 e. The predicted octanol–water partition coefficient (Wildman–Crippen LogP) is 2.75. The third-order valence-corrected chi connectivity index (χ3v) is 1.95. The van der Waals surface area contributed by atoms with Gasteiger partial charge in [-0.25, -0.2) is 0 Å². The fraction of sp³-hybridized carbons (Fsp3) is 1.00. The zero-order chi connectivity index (χ0) is 9.78. The summed E-state index contributed by atoms with van der Waals surface area (Å²) in [7, 11) is 0. The minimum atomic E-state index is -0.279. The van der Waals surface area contributed by atoms with E-state index in [2.05, 4.69) is 13.8 Å². The van der Waals surface area contributed by atoms with Crippen LogP contribution in [0.5, 0.6) is 0 Å². The van der Waals surface area contributed by atoms with E-state index in [4.69, 9.17) is 5.73 Å². The molecule has 0 aliphatic carbocycles. The first-order valence-corrected chi connectivity index (χ1v) is 4.69. The molecule has 0 aliphatic rings. The van der Waals surface area contributed by atoms with Gasteiger partial charge in [-0.15, -0.1) is 0 Å².